The SMILES string of the molecule is CCC(C)NC(=O)c1cc(=O)c2ccccc2o1. The highest BCUT2D eigenvalue weighted by molar-refractivity contribution is 5.93. The zero-order valence-electron chi connectivity index (χ0n) is 10.4. The van der Waals surface area contributed by atoms with Crippen LogP contribution < -0.4 is 10.7 Å². The minimum atomic E-state index is -0.354. The topological polar surface area (TPSA) is 59.3 Å². The number of para-hydroxylation sites is 1. The fourth-order valence-corrected chi connectivity index (χ4v) is 1.61. The standard InChI is InChI=1S/C14H15NO3/c1-3-9(2)15-14(17)13-8-11(16)10-6-4-5-7-12(10)18-13/h4-9H,3H2,1-2H3,(H,15,17). The second-order valence-corrected chi connectivity index (χ2v) is 4.25. The van der Waals surface area contributed by atoms with Gasteiger partial charge in [-0.15, -0.1) is 0 Å². The Balaban J connectivity index is 2.41. The second kappa shape index (κ2) is 5.04. The lowest BCUT2D eigenvalue weighted by molar-refractivity contribution is 0.0912. The number of hydrogen-bond acceptors (Lipinski definition) is 3. The predicted molar refractivity (Wildman–Crippen MR) is 69.7 cm³/mol. The predicted octanol–water partition coefficient (Wildman–Crippen LogP) is 2.32. The van der Waals surface area contributed by atoms with Crippen molar-refractivity contribution in [3.05, 3.63) is 46.3 Å². The molecule has 1 atom stereocenters. The van der Waals surface area contributed by atoms with Crippen molar-refractivity contribution in [2.45, 2.75) is 26.3 Å². The zero-order valence-corrected chi connectivity index (χ0v) is 10.4. The van der Waals surface area contributed by atoms with Crippen LogP contribution in [0.2, 0.25) is 0 Å². The lowest BCUT2D eigenvalue weighted by Crippen LogP contribution is -2.32. The van der Waals surface area contributed by atoms with Crippen molar-refractivity contribution in [3.8, 4) is 0 Å². The Hall–Kier alpha value is -2.10. The maximum Gasteiger partial charge on any atom is 0.287 e. The molecule has 1 unspecified atom stereocenters. The van der Waals surface area contributed by atoms with Gasteiger partial charge in [-0.25, -0.2) is 0 Å². The molecule has 1 N–H and O–H groups in total. The molecule has 0 bridgehead atoms. The van der Waals surface area contributed by atoms with Crippen molar-refractivity contribution < 1.29 is 9.21 Å². The first kappa shape index (κ1) is 12.4. The summed E-state index contributed by atoms with van der Waals surface area (Å²) in [7, 11) is 0. The third-order valence-electron chi connectivity index (χ3n) is 2.85. The minimum absolute atomic E-state index is 0.0503. The molecule has 0 aliphatic heterocycles. The van der Waals surface area contributed by atoms with Crippen LogP contribution in [0.25, 0.3) is 11.0 Å². The molecule has 1 heterocycles. The van der Waals surface area contributed by atoms with E-state index in [1.165, 1.54) is 6.07 Å². The molecule has 1 amide bonds. The summed E-state index contributed by atoms with van der Waals surface area (Å²) in [6.07, 6.45) is 0.823. The van der Waals surface area contributed by atoms with Crippen LogP contribution in [0, 0.1) is 0 Å². The van der Waals surface area contributed by atoms with Crippen LogP contribution >= 0.6 is 0 Å². The zero-order chi connectivity index (χ0) is 13.1. The van der Waals surface area contributed by atoms with Gasteiger partial charge in [0.1, 0.15) is 5.58 Å². The molecule has 4 nitrogen and oxygen atoms in total. The highest BCUT2D eigenvalue weighted by atomic mass is 16.3. The third-order valence-corrected chi connectivity index (χ3v) is 2.85. The van der Waals surface area contributed by atoms with Crippen molar-refractivity contribution in [1.82, 2.24) is 5.32 Å². The summed E-state index contributed by atoms with van der Waals surface area (Å²) in [6.45, 7) is 3.87. The number of benzene rings is 1. The van der Waals surface area contributed by atoms with Crippen molar-refractivity contribution in [1.29, 1.82) is 0 Å². The first-order chi connectivity index (χ1) is 8.61. The van der Waals surface area contributed by atoms with Crippen molar-refractivity contribution in [2.75, 3.05) is 0 Å². The van der Waals surface area contributed by atoms with E-state index in [-0.39, 0.29) is 23.1 Å². The van der Waals surface area contributed by atoms with E-state index in [1.54, 1.807) is 24.3 Å². The fraction of sp³-hybridized carbons (Fsp3) is 0.286. The highest BCUT2D eigenvalue weighted by Gasteiger charge is 2.13. The van der Waals surface area contributed by atoms with Gasteiger partial charge in [0.25, 0.3) is 5.91 Å². The molecule has 2 aromatic rings. The number of carbonyl (C=O) groups excluding carboxylic acids is 1. The van der Waals surface area contributed by atoms with Crippen molar-refractivity contribution >= 4 is 16.9 Å². The largest absolute Gasteiger partial charge is 0.451 e. The number of hydrogen-bond donors (Lipinski definition) is 1. The molecule has 1 aromatic carbocycles. The maximum absolute atomic E-state index is 11.9. The molecule has 4 heteroatoms. The summed E-state index contributed by atoms with van der Waals surface area (Å²) >= 11 is 0. The molecule has 0 radical (unpaired) electrons. The van der Waals surface area contributed by atoms with Crippen LogP contribution in [0.4, 0.5) is 0 Å². The minimum Gasteiger partial charge on any atom is -0.451 e. The number of fused-ring (bicyclic) bond motifs is 1. The lowest BCUT2D eigenvalue weighted by atomic mass is 10.2. The fourth-order valence-electron chi connectivity index (χ4n) is 1.61. The molecule has 18 heavy (non-hydrogen) atoms. The van der Waals surface area contributed by atoms with Crippen LogP contribution in [0.15, 0.2) is 39.5 Å². The Labute approximate surface area is 105 Å². The van der Waals surface area contributed by atoms with Gasteiger partial charge in [-0.05, 0) is 25.5 Å². The molecule has 1 aromatic heterocycles. The molecule has 0 aliphatic rings. The van der Waals surface area contributed by atoms with Gasteiger partial charge >= 0.3 is 0 Å². The summed E-state index contributed by atoms with van der Waals surface area (Å²) in [4.78, 5) is 23.7. The van der Waals surface area contributed by atoms with E-state index in [1.807, 2.05) is 13.8 Å². The van der Waals surface area contributed by atoms with Crippen LogP contribution in [-0.4, -0.2) is 11.9 Å². The molecule has 0 saturated heterocycles. The third kappa shape index (κ3) is 2.42. The van der Waals surface area contributed by atoms with Gasteiger partial charge in [0.2, 0.25) is 0 Å². The van der Waals surface area contributed by atoms with Gasteiger partial charge in [0, 0.05) is 12.1 Å². The van der Waals surface area contributed by atoms with Crippen LogP contribution in [0.5, 0.6) is 0 Å². The van der Waals surface area contributed by atoms with Crippen molar-refractivity contribution in [3.63, 3.8) is 0 Å². The number of nitrogens with one attached hydrogen (secondary N) is 1. The van der Waals surface area contributed by atoms with E-state index < -0.39 is 0 Å². The molecule has 94 valence electrons. The van der Waals surface area contributed by atoms with Crippen LogP contribution in [0.3, 0.4) is 0 Å². The molecule has 0 fully saturated rings. The van der Waals surface area contributed by atoms with E-state index in [9.17, 15) is 9.59 Å². The van der Waals surface area contributed by atoms with Crippen LogP contribution in [-0.2, 0) is 0 Å². The van der Waals surface area contributed by atoms with E-state index >= 15 is 0 Å². The Morgan fingerprint density at radius 2 is 2.11 bits per heavy atom. The Kier molecular flexibility index (Phi) is 3.46. The number of carbonyl (C=O) groups is 1. The Morgan fingerprint density at radius 1 is 1.39 bits per heavy atom. The smallest absolute Gasteiger partial charge is 0.287 e. The summed E-state index contributed by atoms with van der Waals surface area (Å²) < 4.78 is 5.44. The summed E-state index contributed by atoms with van der Waals surface area (Å²) in [5, 5.41) is 3.25. The van der Waals surface area contributed by atoms with Gasteiger partial charge in [0.05, 0.1) is 5.39 Å². The van der Waals surface area contributed by atoms with Gasteiger partial charge in [0.15, 0.2) is 11.2 Å². The summed E-state index contributed by atoms with van der Waals surface area (Å²) in [6, 6.07) is 8.17. The van der Waals surface area contributed by atoms with Gasteiger partial charge < -0.3 is 9.73 Å². The Morgan fingerprint density at radius 3 is 2.83 bits per heavy atom. The molecular formula is C14H15NO3. The molecular weight excluding hydrogens is 230 g/mol. The monoisotopic (exact) mass is 245 g/mol. The lowest BCUT2D eigenvalue weighted by Gasteiger charge is -2.10. The maximum atomic E-state index is 11.9. The summed E-state index contributed by atoms with van der Waals surface area (Å²) in [5.41, 5.74) is 0.227. The molecule has 2 rings (SSSR count). The van der Waals surface area contributed by atoms with E-state index in [2.05, 4.69) is 5.32 Å². The van der Waals surface area contributed by atoms with Crippen molar-refractivity contribution in [2.24, 2.45) is 0 Å². The van der Waals surface area contributed by atoms with E-state index in [0.717, 1.165) is 6.42 Å². The quantitative estimate of drug-likeness (QED) is 0.902. The first-order valence-corrected chi connectivity index (χ1v) is 5.95. The molecule has 0 spiro atoms. The van der Waals surface area contributed by atoms with E-state index in [4.69, 9.17) is 4.42 Å². The average Bonchev–Trinajstić information content (AvgIpc) is 2.38. The second-order valence-electron chi connectivity index (χ2n) is 4.25. The summed E-state index contributed by atoms with van der Waals surface area (Å²) in [5.74, 6) is -0.300. The number of rotatable bonds is 3. The normalized spacial score (nSPS) is 12.3. The van der Waals surface area contributed by atoms with Gasteiger partial charge in [-0.1, -0.05) is 19.1 Å². The highest BCUT2D eigenvalue weighted by Crippen LogP contribution is 2.11. The first-order valence-electron chi connectivity index (χ1n) is 5.95. The van der Waals surface area contributed by atoms with Gasteiger partial charge in [-0.2, -0.15) is 0 Å². The average molecular weight is 245 g/mol. The molecule has 0 saturated carbocycles. The Bertz CT molecular complexity index is 630. The molecule has 0 aliphatic carbocycles. The van der Waals surface area contributed by atoms with Crippen LogP contribution in [0.1, 0.15) is 30.8 Å². The van der Waals surface area contributed by atoms with E-state index in [0.29, 0.717) is 11.0 Å². The number of amides is 1. The van der Waals surface area contributed by atoms with Gasteiger partial charge in [-0.3, -0.25) is 9.59 Å².